The Morgan fingerprint density at radius 1 is 1.27 bits per heavy atom. The molecule has 11 heavy (non-hydrogen) atoms. The monoisotopic (exact) mass is 224 g/mol. The fraction of sp³-hybridized carbons (Fsp3) is 1.00. The van der Waals surface area contributed by atoms with E-state index in [1.807, 2.05) is 0 Å². The summed E-state index contributed by atoms with van der Waals surface area (Å²) in [5.41, 5.74) is 0. The predicted molar refractivity (Wildman–Crippen MR) is 63.7 cm³/mol. The molecule has 0 aliphatic carbocycles. The van der Waals surface area contributed by atoms with Crippen molar-refractivity contribution in [2.75, 3.05) is 20.8 Å². The Morgan fingerprint density at radius 3 is 2.18 bits per heavy atom. The molecule has 0 spiro atoms. The Morgan fingerprint density at radius 2 is 1.82 bits per heavy atom. The predicted octanol–water partition coefficient (Wildman–Crippen LogP) is -5.55. The third kappa shape index (κ3) is 8.62. The lowest BCUT2D eigenvalue weighted by atomic mass is 11.2. The number of hydrazine groups is 1. The van der Waals surface area contributed by atoms with Crippen molar-refractivity contribution in [3.63, 3.8) is 0 Å². The highest BCUT2D eigenvalue weighted by Gasteiger charge is 1.98. The summed E-state index contributed by atoms with van der Waals surface area (Å²) in [6.07, 6.45) is 0. The van der Waals surface area contributed by atoms with Crippen molar-refractivity contribution >= 4 is 41.1 Å². The lowest BCUT2D eigenvalue weighted by molar-refractivity contribution is 0.360. The first-order valence-corrected chi connectivity index (χ1v) is 7.78. The molecule has 0 heterocycles. The summed E-state index contributed by atoms with van der Waals surface area (Å²) in [7, 11) is 7.59. The van der Waals surface area contributed by atoms with Gasteiger partial charge >= 0.3 is 0 Å². The van der Waals surface area contributed by atoms with Crippen LogP contribution in [0.5, 0.6) is 0 Å². The molecular formula is C3H20N4Si4. The number of hydrogen-bond acceptors (Lipinski definition) is 4. The van der Waals surface area contributed by atoms with Gasteiger partial charge < -0.3 is 8.46 Å². The lowest BCUT2D eigenvalue weighted by Gasteiger charge is -2.23. The molecule has 1 N–H and O–H groups in total. The van der Waals surface area contributed by atoms with Crippen LogP contribution in [0.4, 0.5) is 0 Å². The zero-order valence-corrected chi connectivity index (χ0v) is 15.7. The molecule has 0 aliphatic heterocycles. The van der Waals surface area contributed by atoms with E-state index < -0.39 is 0 Å². The highest BCUT2D eigenvalue weighted by molar-refractivity contribution is 6.39. The van der Waals surface area contributed by atoms with Crippen molar-refractivity contribution in [2.45, 2.75) is 0 Å². The molecule has 0 aromatic carbocycles. The number of nitrogens with one attached hydrogen (secondary N) is 1. The van der Waals surface area contributed by atoms with Crippen molar-refractivity contribution in [1.82, 2.24) is 18.6 Å². The second-order valence-electron chi connectivity index (χ2n) is 3.29. The average Bonchev–Trinajstić information content (AvgIpc) is 1.82. The van der Waals surface area contributed by atoms with Crippen LogP contribution in [-0.4, -0.2) is 75.3 Å². The fourth-order valence-corrected chi connectivity index (χ4v) is 5.71. The summed E-state index contributed by atoms with van der Waals surface area (Å²) in [5, 5.41) is 5.44. The van der Waals surface area contributed by atoms with E-state index in [-0.39, 0.29) is 9.84 Å². The molecule has 0 aliphatic rings. The minimum atomic E-state index is -0.181. The molecule has 0 rings (SSSR count). The largest absolute Gasteiger partial charge is 0.350 e. The SMILES string of the molecule is CN(C)N[SiH2]N([SiH3])CN([SiH3])[SiH3]. The first-order valence-electron chi connectivity index (χ1n) is 3.76. The van der Waals surface area contributed by atoms with Gasteiger partial charge in [-0.25, -0.2) is 0 Å². The maximum atomic E-state index is 3.39. The van der Waals surface area contributed by atoms with Gasteiger partial charge in [-0.15, -0.1) is 0 Å². The molecule has 0 bridgehead atoms. The van der Waals surface area contributed by atoms with E-state index in [0.29, 0.717) is 0 Å². The molecule has 0 saturated heterocycles. The lowest BCUT2D eigenvalue weighted by Crippen LogP contribution is -2.46. The van der Waals surface area contributed by atoms with Gasteiger partial charge in [0.15, 0.2) is 9.84 Å². The van der Waals surface area contributed by atoms with Crippen LogP contribution >= 0.6 is 0 Å². The third-order valence-electron chi connectivity index (χ3n) is 1.18. The van der Waals surface area contributed by atoms with Gasteiger partial charge in [-0.3, -0.25) is 10.1 Å². The zero-order chi connectivity index (χ0) is 8.85. The second-order valence-corrected chi connectivity index (χ2v) is 12.4. The first kappa shape index (κ1) is 11.7. The van der Waals surface area contributed by atoms with Crippen molar-refractivity contribution in [2.24, 2.45) is 0 Å². The molecule has 0 aromatic heterocycles. The van der Waals surface area contributed by atoms with E-state index in [1.54, 1.807) is 0 Å². The summed E-state index contributed by atoms with van der Waals surface area (Å²) in [6, 6.07) is 0. The first-order chi connectivity index (χ1) is 5.02. The van der Waals surface area contributed by atoms with Crippen molar-refractivity contribution in [1.29, 1.82) is 0 Å². The number of hydrogen-bond donors (Lipinski definition) is 1. The topological polar surface area (TPSA) is 21.8 Å². The van der Waals surface area contributed by atoms with E-state index in [9.17, 15) is 0 Å². The summed E-state index contributed by atoms with van der Waals surface area (Å²) in [6.45, 7) is 1.22. The number of rotatable bonds is 5. The van der Waals surface area contributed by atoms with Crippen LogP contribution in [-0.2, 0) is 0 Å². The molecule has 0 saturated carbocycles. The molecule has 0 amide bonds. The molecule has 0 atom stereocenters. The maximum Gasteiger partial charge on any atom is 0.178 e. The van der Waals surface area contributed by atoms with E-state index in [4.69, 9.17) is 0 Å². The standard InChI is InChI=1S/C3H20N4Si4/c1-5(2)4-11-7(10)3-6(8)9/h4H,3,11H2,1-2,8-10H3. The quantitative estimate of drug-likeness (QED) is 0.286. The Labute approximate surface area is 80.8 Å². The van der Waals surface area contributed by atoms with E-state index in [2.05, 4.69) is 32.7 Å². The van der Waals surface area contributed by atoms with Gasteiger partial charge in [-0.05, 0) is 0 Å². The highest BCUT2D eigenvalue weighted by Crippen LogP contribution is 1.76. The molecular weight excluding hydrogens is 204 g/mol. The molecule has 0 unspecified atom stereocenters. The average molecular weight is 225 g/mol. The normalized spacial score (nSPS) is 13.9. The van der Waals surface area contributed by atoms with Crippen molar-refractivity contribution in [3.05, 3.63) is 0 Å². The highest BCUT2D eigenvalue weighted by atomic mass is 28.3. The van der Waals surface area contributed by atoms with E-state index >= 15 is 0 Å². The van der Waals surface area contributed by atoms with Crippen LogP contribution in [0.25, 0.3) is 0 Å². The zero-order valence-electron chi connectivity index (χ0n) is 8.26. The van der Waals surface area contributed by atoms with Gasteiger partial charge in [0.1, 0.15) is 0 Å². The fourth-order valence-electron chi connectivity index (χ4n) is 0.795. The van der Waals surface area contributed by atoms with Crippen LogP contribution < -0.4 is 5.09 Å². The molecule has 0 aromatic rings. The Hall–Kier alpha value is 0.708. The van der Waals surface area contributed by atoms with Crippen LogP contribution in [0.15, 0.2) is 0 Å². The van der Waals surface area contributed by atoms with Gasteiger partial charge in [-0.2, -0.15) is 0 Å². The Balaban J connectivity index is 3.29. The summed E-state index contributed by atoms with van der Waals surface area (Å²) < 4.78 is 5.03. The van der Waals surface area contributed by atoms with Crippen molar-refractivity contribution < 1.29 is 0 Å². The number of nitrogens with zero attached hydrogens (tertiary/aromatic N) is 3. The summed E-state index contributed by atoms with van der Waals surface area (Å²) in [4.78, 5) is 0. The van der Waals surface area contributed by atoms with Gasteiger partial charge in [-0.1, -0.05) is 0 Å². The van der Waals surface area contributed by atoms with Crippen LogP contribution in [0.1, 0.15) is 0 Å². The Kier molecular flexibility index (Phi) is 6.65. The smallest absolute Gasteiger partial charge is 0.178 e. The van der Waals surface area contributed by atoms with Gasteiger partial charge in [0, 0.05) is 20.8 Å². The second kappa shape index (κ2) is 6.25. The van der Waals surface area contributed by atoms with Gasteiger partial charge in [0.05, 0.1) is 31.2 Å². The summed E-state index contributed by atoms with van der Waals surface area (Å²) in [5.74, 6) is 0. The molecule has 0 fully saturated rings. The third-order valence-corrected chi connectivity index (χ3v) is 4.49. The molecule has 8 heteroatoms. The van der Waals surface area contributed by atoms with E-state index in [1.165, 1.54) is 37.9 Å². The Bertz CT molecular complexity index is 99.3. The maximum absolute atomic E-state index is 3.39. The minimum absolute atomic E-state index is 0.181. The van der Waals surface area contributed by atoms with Crippen LogP contribution in [0.2, 0.25) is 0 Å². The molecule has 0 radical (unpaired) electrons. The van der Waals surface area contributed by atoms with Crippen molar-refractivity contribution in [3.8, 4) is 0 Å². The van der Waals surface area contributed by atoms with Crippen LogP contribution in [0, 0.1) is 0 Å². The summed E-state index contributed by atoms with van der Waals surface area (Å²) >= 11 is 0. The van der Waals surface area contributed by atoms with E-state index in [0.717, 1.165) is 0 Å². The van der Waals surface area contributed by atoms with Gasteiger partial charge in [0.2, 0.25) is 0 Å². The van der Waals surface area contributed by atoms with Gasteiger partial charge in [0.25, 0.3) is 0 Å². The molecule has 4 nitrogen and oxygen atoms in total. The molecule has 68 valence electrons. The van der Waals surface area contributed by atoms with Crippen LogP contribution in [0.3, 0.4) is 0 Å². The minimum Gasteiger partial charge on any atom is -0.350 e.